The highest BCUT2D eigenvalue weighted by molar-refractivity contribution is 7.13. The fourth-order valence-electron chi connectivity index (χ4n) is 1.45. The maximum Gasteiger partial charge on any atom is 0.337 e. The molecule has 0 aliphatic rings. The van der Waals surface area contributed by atoms with Crippen LogP contribution >= 0.6 is 34.5 Å². The molecule has 2 N–H and O–H groups in total. The first-order chi connectivity index (χ1) is 9.90. The lowest BCUT2D eigenvalue weighted by molar-refractivity contribution is 0.0696. The molecule has 1 aromatic heterocycles. The third-order valence-corrected chi connectivity index (χ3v) is 4.05. The number of nitrogens with one attached hydrogen (secondary N) is 1. The van der Waals surface area contributed by atoms with E-state index in [0.29, 0.717) is 5.13 Å². The summed E-state index contributed by atoms with van der Waals surface area (Å²) >= 11 is 13.0. The number of aryl methyl sites for hydroxylation is 1. The van der Waals surface area contributed by atoms with Crippen LogP contribution in [0.2, 0.25) is 10.0 Å². The van der Waals surface area contributed by atoms with Crippen LogP contribution in [0.15, 0.2) is 16.5 Å². The molecule has 0 amide bonds. The molecule has 2 rings (SSSR count). The summed E-state index contributed by atoms with van der Waals surface area (Å²) in [7, 11) is 0. The van der Waals surface area contributed by atoms with Crippen LogP contribution in [0.1, 0.15) is 21.6 Å². The standard InChI is InChI=1S/C12H8Cl2FN3O2S/c1-5-4-21-12(17-5)18-16-3-7-9(13)6(11(19)20)2-8(15)10(7)14/h2-4H,1H3,(H,17,18)(H,19,20). The number of nitrogens with zero attached hydrogens (tertiary/aromatic N) is 2. The van der Waals surface area contributed by atoms with E-state index in [0.717, 1.165) is 18.0 Å². The van der Waals surface area contributed by atoms with Crippen molar-refractivity contribution >= 4 is 51.9 Å². The SMILES string of the molecule is Cc1csc(NN=Cc2c(Cl)c(F)cc(C(=O)O)c2Cl)n1. The predicted molar refractivity (Wildman–Crippen MR) is 81.4 cm³/mol. The molecule has 2 aromatic rings. The van der Waals surface area contributed by atoms with E-state index in [1.165, 1.54) is 11.3 Å². The normalized spacial score (nSPS) is 11.0. The summed E-state index contributed by atoms with van der Waals surface area (Å²) in [4.78, 5) is 15.1. The van der Waals surface area contributed by atoms with E-state index in [4.69, 9.17) is 28.3 Å². The number of carboxylic acids is 1. The van der Waals surface area contributed by atoms with Crippen LogP contribution in [0.5, 0.6) is 0 Å². The van der Waals surface area contributed by atoms with Crippen molar-refractivity contribution in [3.05, 3.63) is 44.1 Å². The van der Waals surface area contributed by atoms with Crippen molar-refractivity contribution in [1.82, 2.24) is 4.98 Å². The number of hydrazone groups is 1. The van der Waals surface area contributed by atoms with Gasteiger partial charge in [-0.25, -0.2) is 14.2 Å². The van der Waals surface area contributed by atoms with Gasteiger partial charge in [-0.2, -0.15) is 5.10 Å². The van der Waals surface area contributed by atoms with Crippen molar-refractivity contribution < 1.29 is 14.3 Å². The summed E-state index contributed by atoms with van der Waals surface area (Å²) in [6.45, 7) is 1.82. The van der Waals surface area contributed by atoms with E-state index in [9.17, 15) is 9.18 Å². The average molecular weight is 348 g/mol. The molecule has 110 valence electrons. The highest BCUT2D eigenvalue weighted by atomic mass is 35.5. The number of aromatic carboxylic acids is 1. The molecule has 0 saturated heterocycles. The third-order valence-electron chi connectivity index (χ3n) is 2.39. The molecule has 5 nitrogen and oxygen atoms in total. The molecule has 0 aliphatic heterocycles. The van der Waals surface area contributed by atoms with Crippen molar-refractivity contribution in [3.8, 4) is 0 Å². The van der Waals surface area contributed by atoms with Gasteiger partial charge in [-0.3, -0.25) is 5.43 Å². The van der Waals surface area contributed by atoms with Gasteiger partial charge in [-0.15, -0.1) is 11.3 Å². The molecule has 0 bridgehead atoms. The monoisotopic (exact) mass is 347 g/mol. The number of halogens is 3. The van der Waals surface area contributed by atoms with E-state index >= 15 is 0 Å². The number of hydrogen-bond donors (Lipinski definition) is 2. The Hall–Kier alpha value is -1.70. The Morgan fingerprint density at radius 1 is 1.52 bits per heavy atom. The van der Waals surface area contributed by atoms with Gasteiger partial charge in [0.15, 0.2) is 0 Å². The van der Waals surface area contributed by atoms with Crippen molar-refractivity contribution in [2.45, 2.75) is 6.92 Å². The van der Waals surface area contributed by atoms with E-state index < -0.39 is 11.8 Å². The lowest BCUT2D eigenvalue weighted by atomic mass is 10.1. The largest absolute Gasteiger partial charge is 0.478 e. The lowest BCUT2D eigenvalue weighted by Crippen LogP contribution is -2.03. The Morgan fingerprint density at radius 3 is 2.81 bits per heavy atom. The minimum absolute atomic E-state index is 0.0171. The molecular weight excluding hydrogens is 340 g/mol. The van der Waals surface area contributed by atoms with Gasteiger partial charge in [-0.1, -0.05) is 23.2 Å². The first kappa shape index (κ1) is 15.7. The number of hydrogen-bond acceptors (Lipinski definition) is 5. The summed E-state index contributed by atoms with van der Waals surface area (Å²) in [6, 6.07) is 0.766. The number of carbonyl (C=O) groups is 1. The predicted octanol–water partition coefficient (Wildman–Crippen LogP) is 4.04. The minimum atomic E-state index is -1.35. The number of carboxylic acid groups (broad SMARTS) is 1. The third kappa shape index (κ3) is 3.49. The molecular formula is C12H8Cl2FN3O2S. The quantitative estimate of drug-likeness (QED) is 0.497. The Labute approximate surface area is 133 Å². The molecule has 0 unspecified atom stereocenters. The van der Waals surface area contributed by atoms with Crippen LogP contribution in [-0.2, 0) is 0 Å². The second kappa shape index (κ2) is 6.38. The molecule has 0 spiro atoms. The molecule has 21 heavy (non-hydrogen) atoms. The summed E-state index contributed by atoms with van der Waals surface area (Å²) in [6.07, 6.45) is 1.15. The zero-order valence-corrected chi connectivity index (χ0v) is 12.9. The van der Waals surface area contributed by atoms with Gasteiger partial charge in [0.25, 0.3) is 0 Å². The summed E-state index contributed by atoms with van der Waals surface area (Å²) < 4.78 is 13.6. The molecule has 1 heterocycles. The molecule has 0 atom stereocenters. The van der Waals surface area contributed by atoms with Crippen molar-refractivity contribution in [3.63, 3.8) is 0 Å². The van der Waals surface area contributed by atoms with Gasteiger partial charge in [-0.05, 0) is 13.0 Å². The highest BCUT2D eigenvalue weighted by Crippen LogP contribution is 2.29. The van der Waals surface area contributed by atoms with E-state index in [2.05, 4.69) is 15.5 Å². The van der Waals surface area contributed by atoms with E-state index in [-0.39, 0.29) is 21.2 Å². The maximum absolute atomic E-state index is 13.6. The Bertz CT molecular complexity index is 734. The Morgan fingerprint density at radius 2 is 2.24 bits per heavy atom. The van der Waals surface area contributed by atoms with Crippen LogP contribution < -0.4 is 5.43 Å². The molecule has 9 heteroatoms. The first-order valence-corrected chi connectivity index (χ1v) is 7.15. The molecule has 0 saturated carbocycles. The Kier molecular flexibility index (Phi) is 4.76. The summed E-state index contributed by atoms with van der Waals surface area (Å²) in [5, 5.41) is 14.7. The van der Waals surface area contributed by atoms with E-state index in [1.807, 2.05) is 12.3 Å². The van der Waals surface area contributed by atoms with Crippen molar-refractivity contribution in [1.29, 1.82) is 0 Å². The molecule has 0 radical (unpaired) electrons. The molecule has 0 fully saturated rings. The fraction of sp³-hybridized carbons (Fsp3) is 0.0833. The van der Waals surface area contributed by atoms with Gasteiger partial charge >= 0.3 is 5.97 Å². The second-order valence-corrected chi connectivity index (χ2v) is 5.53. The summed E-state index contributed by atoms with van der Waals surface area (Å²) in [5.41, 5.74) is 3.05. The zero-order valence-electron chi connectivity index (χ0n) is 10.5. The maximum atomic E-state index is 13.6. The van der Waals surface area contributed by atoms with Crippen molar-refractivity contribution in [2.75, 3.05) is 5.43 Å². The second-order valence-electron chi connectivity index (χ2n) is 3.92. The smallest absolute Gasteiger partial charge is 0.337 e. The average Bonchev–Trinajstić information content (AvgIpc) is 2.83. The Balaban J connectivity index is 2.32. The van der Waals surface area contributed by atoms with Gasteiger partial charge in [0, 0.05) is 10.9 Å². The number of benzene rings is 1. The first-order valence-electron chi connectivity index (χ1n) is 5.52. The number of anilines is 1. The van der Waals surface area contributed by atoms with Crippen LogP contribution in [0, 0.1) is 12.7 Å². The van der Waals surface area contributed by atoms with Crippen LogP contribution in [0.4, 0.5) is 9.52 Å². The van der Waals surface area contributed by atoms with Gasteiger partial charge in [0.05, 0.1) is 27.5 Å². The number of thiazole rings is 1. The topological polar surface area (TPSA) is 74.6 Å². The molecule has 0 aliphatic carbocycles. The van der Waals surface area contributed by atoms with Gasteiger partial charge in [0.1, 0.15) is 5.82 Å². The minimum Gasteiger partial charge on any atom is -0.478 e. The van der Waals surface area contributed by atoms with Gasteiger partial charge in [0.2, 0.25) is 5.13 Å². The van der Waals surface area contributed by atoms with Gasteiger partial charge < -0.3 is 5.11 Å². The summed E-state index contributed by atoms with van der Waals surface area (Å²) in [5.74, 6) is -2.24. The zero-order chi connectivity index (χ0) is 15.6. The lowest BCUT2D eigenvalue weighted by Gasteiger charge is -2.06. The van der Waals surface area contributed by atoms with E-state index in [1.54, 1.807) is 0 Å². The number of aromatic nitrogens is 1. The van der Waals surface area contributed by atoms with Crippen LogP contribution in [0.25, 0.3) is 0 Å². The van der Waals surface area contributed by atoms with Crippen molar-refractivity contribution in [2.24, 2.45) is 5.10 Å². The van der Waals surface area contributed by atoms with Crippen LogP contribution in [0.3, 0.4) is 0 Å². The fourth-order valence-corrected chi connectivity index (χ4v) is 2.61. The van der Waals surface area contributed by atoms with Crippen LogP contribution in [-0.4, -0.2) is 22.3 Å². The molecule has 1 aromatic carbocycles. The number of rotatable bonds is 4. The highest BCUT2D eigenvalue weighted by Gasteiger charge is 2.18.